The summed E-state index contributed by atoms with van der Waals surface area (Å²) in [7, 11) is 0. The van der Waals surface area contributed by atoms with Crippen LogP contribution in [0.1, 0.15) is 42.9 Å². The van der Waals surface area contributed by atoms with E-state index in [-0.39, 0.29) is 6.61 Å². The van der Waals surface area contributed by atoms with E-state index in [1.807, 2.05) is 0 Å². The summed E-state index contributed by atoms with van der Waals surface area (Å²) >= 11 is 0. The number of hydrogen-bond donors (Lipinski definition) is 1. The number of fused-ring (bicyclic) bond motifs is 1. The third kappa shape index (κ3) is 3.78. The lowest BCUT2D eigenvalue weighted by molar-refractivity contribution is 0.127. The third-order valence-electron chi connectivity index (χ3n) is 4.77. The van der Waals surface area contributed by atoms with E-state index in [2.05, 4.69) is 35.2 Å². The average molecular weight is 301 g/mol. The lowest BCUT2D eigenvalue weighted by atomic mass is 9.86. The van der Waals surface area contributed by atoms with Gasteiger partial charge in [-0.1, -0.05) is 30.3 Å². The first-order valence-electron chi connectivity index (χ1n) is 8.57. The smallest absolute Gasteiger partial charge is 0.0689 e. The molecule has 1 aliphatic carbocycles. The van der Waals surface area contributed by atoms with E-state index >= 15 is 0 Å². The molecular formula is C19H27NO2. The SMILES string of the molecule is OCCCN(CC1=CCCOC1)C1CCCc2ccccc21. The van der Waals surface area contributed by atoms with Gasteiger partial charge < -0.3 is 9.84 Å². The lowest BCUT2D eigenvalue weighted by Crippen LogP contribution is -2.35. The predicted molar refractivity (Wildman–Crippen MR) is 88.9 cm³/mol. The van der Waals surface area contributed by atoms with Gasteiger partial charge in [0.15, 0.2) is 0 Å². The third-order valence-corrected chi connectivity index (χ3v) is 4.77. The fourth-order valence-corrected chi connectivity index (χ4v) is 3.71. The second-order valence-electron chi connectivity index (χ2n) is 6.36. The zero-order valence-electron chi connectivity index (χ0n) is 13.3. The van der Waals surface area contributed by atoms with Crippen LogP contribution in [0.15, 0.2) is 35.9 Å². The van der Waals surface area contributed by atoms with Gasteiger partial charge in [-0.25, -0.2) is 0 Å². The van der Waals surface area contributed by atoms with Crippen molar-refractivity contribution in [1.29, 1.82) is 0 Å². The molecule has 1 aromatic rings. The van der Waals surface area contributed by atoms with Gasteiger partial charge in [-0.3, -0.25) is 4.90 Å². The Hall–Kier alpha value is -1.16. The molecule has 2 aliphatic rings. The maximum absolute atomic E-state index is 9.25. The molecule has 22 heavy (non-hydrogen) atoms. The summed E-state index contributed by atoms with van der Waals surface area (Å²) in [5, 5.41) is 9.25. The Morgan fingerprint density at radius 1 is 1.27 bits per heavy atom. The van der Waals surface area contributed by atoms with Gasteiger partial charge in [0, 0.05) is 25.7 Å². The lowest BCUT2D eigenvalue weighted by Gasteiger charge is -2.37. The monoisotopic (exact) mass is 301 g/mol. The summed E-state index contributed by atoms with van der Waals surface area (Å²) < 4.78 is 5.60. The van der Waals surface area contributed by atoms with E-state index in [1.54, 1.807) is 0 Å². The molecule has 3 heteroatoms. The standard InChI is InChI=1S/C19H27NO2/c21-12-5-11-20(14-16-6-4-13-22-15-16)19-10-3-8-17-7-1-2-9-18(17)19/h1-2,6-7,9,19,21H,3-5,8,10-15H2. The van der Waals surface area contributed by atoms with Gasteiger partial charge in [0.2, 0.25) is 0 Å². The first kappa shape index (κ1) is 15.7. The topological polar surface area (TPSA) is 32.7 Å². The van der Waals surface area contributed by atoms with Crippen molar-refractivity contribution in [1.82, 2.24) is 4.90 Å². The zero-order valence-corrected chi connectivity index (χ0v) is 13.3. The second kappa shape index (κ2) is 7.91. The number of benzene rings is 1. The number of aliphatic hydroxyl groups excluding tert-OH is 1. The van der Waals surface area contributed by atoms with Crippen LogP contribution >= 0.6 is 0 Å². The van der Waals surface area contributed by atoms with Gasteiger partial charge in [0.05, 0.1) is 13.2 Å². The van der Waals surface area contributed by atoms with Crippen molar-refractivity contribution < 1.29 is 9.84 Å². The van der Waals surface area contributed by atoms with Crippen LogP contribution in [0.25, 0.3) is 0 Å². The van der Waals surface area contributed by atoms with Gasteiger partial charge in [-0.15, -0.1) is 0 Å². The zero-order chi connectivity index (χ0) is 15.2. The fraction of sp³-hybridized carbons (Fsp3) is 0.579. The van der Waals surface area contributed by atoms with Crippen LogP contribution in [0.5, 0.6) is 0 Å². The number of aryl methyl sites for hydroxylation is 1. The summed E-state index contributed by atoms with van der Waals surface area (Å²) in [6, 6.07) is 9.35. The van der Waals surface area contributed by atoms with E-state index in [1.165, 1.54) is 36.0 Å². The number of nitrogens with zero attached hydrogens (tertiary/aromatic N) is 1. The molecule has 1 heterocycles. The maximum Gasteiger partial charge on any atom is 0.0689 e. The Morgan fingerprint density at radius 3 is 3.00 bits per heavy atom. The van der Waals surface area contributed by atoms with Crippen molar-refractivity contribution >= 4 is 0 Å². The van der Waals surface area contributed by atoms with Gasteiger partial charge in [-0.05, 0) is 48.8 Å². The summed E-state index contributed by atoms with van der Waals surface area (Å²) in [5.41, 5.74) is 4.39. The highest BCUT2D eigenvalue weighted by Crippen LogP contribution is 2.34. The van der Waals surface area contributed by atoms with Crippen LogP contribution in [0.2, 0.25) is 0 Å². The van der Waals surface area contributed by atoms with Crippen LogP contribution in [0.4, 0.5) is 0 Å². The molecule has 3 nitrogen and oxygen atoms in total. The first-order valence-corrected chi connectivity index (χ1v) is 8.57. The molecule has 1 atom stereocenters. The highest BCUT2D eigenvalue weighted by molar-refractivity contribution is 5.32. The van der Waals surface area contributed by atoms with Crippen LogP contribution in [0.3, 0.4) is 0 Å². The van der Waals surface area contributed by atoms with Crippen molar-refractivity contribution in [2.45, 2.75) is 38.1 Å². The normalized spacial score (nSPS) is 21.5. The molecule has 0 amide bonds. The molecule has 3 rings (SSSR count). The highest BCUT2D eigenvalue weighted by Gasteiger charge is 2.26. The first-order chi connectivity index (χ1) is 10.9. The van der Waals surface area contributed by atoms with E-state index in [9.17, 15) is 5.11 Å². The Labute approximate surface area is 133 Å². The Bertz CT molecular complexity index is 512. The molecule has 1 aromatic carbocycles. The summed E-state index contributed by atoms with van der Waals surface area (Å²) in [5.74, 6) is 0. The Morgan fingerprint density at radius 2 is 2.18 bits per heavy atom. The largest absolute Gasteiger partial charge is 0.396 e. The molecule has 0 fully saturated rings. The van der Waals surface area contributed by atoms with E-state index in [0.29, 0.717) is 6.04 Å². The average Bonchev–Trinajstić information content (AvgIpc) is 2.59. The van der Waals surface area contributed by atoms with Crippen molar-refractivity contribution in [3.05, 3.63) is 47.0 Å². The van der Waals surface area contributed by atoms with Gasteiger partial charge >= 0.3 is 0 Å². The van der Waals surface area contributed by atoms with Gasteiger partial charge in [0.1, 0.15) is 0 Å². The minimum atomic E-state index is 0.264. The summed E-state index contributed by atoms with van der Waals surface area (Å²) in [6.45, 7) is 3.81. The number of hydrogen-bond acceptors (Lipinski definition) is 3. The van der Waals surface area contributed by atoms with Crippen molar-refractivity contribution in [2.24, 2.45) is 0 Å². The Kier molecular flexibility index (Phi) is 5.65. The number of aliphatic hydroxyl groups is 1. The van der Waals surface area contributed by atoms with E-state index in [0.717, 1.165) is 39.1 Å². The Balaban J connectivity index is 1.78. The number of ether oxygens (including phenoxy) is 1. The molecule has 1 aliphatic heterocycles. The van der Waals surface area contributed by atoms with Crippen molar-refractivity contribution in [3.63, 3.8) is 0 Å². The molecular weight excluding hydrogens is 274 g/mol. The minimum absolute atomic E-state index is 0.264. The molecule has 0 aromatic heterocycles. The quantitative estimate of drug-likeness (QED) is 0.820. The fourth-order valence-electron chi connectivity index (χ4n) is 3.71. The highest BCUT2D eigenvalue weighted by atomic mass is 16.5. The molecule has 1 unspecified atom stereocenters. The molecule has 0 bridgehead atoms. The van der Waals surface area contributed by atoms with Crippen LogP contribution < -0.4 is 0 Å². The molecule has 0 radical (unpaired) electrons. The minimum Gasteiger partial charge on any atom is -0.396 e. The molecule has 120 valence electrons. The van der Waals surface area contributed by atoms with Crippen LogP contribution in [-0.2, 0) is 11.2 Å². The van der Waals surface area contributed by atoms with E-state index in [4.69, 9.17) is 4.74 Å². The van der Waals surface area contributed by atoms with Gasteiger partial charge in [0.25, 0.3) is 0 Å². The van der Waals surface area contributed by atoms with Crippen molar-refractivity contribution in [3.8, 4) is 0 Å². The molecule has 0 spiro atoms. The molecule has 0 saturated heterocycles. The van der Waals surface area contributed by atoms with Gasteiger partial charge in [-0.2, -0.15) is 0 Å². The maximum atomic E-state index is 9.25. The second-order valence-corrected chi connectivity index (χ2v) is 6.36. The van der Waals surface area contributed by atoms with Crippen LogP contribution in [0, 0.1) is 0 Å². The number of rotatable bonds is 6. The summed E-state index contributed by atoms with van der Waals surface area (Å²) in [4.78, 5) is 2.55. The van der Waals surface area contributed by atoms with Crippen molar-refractivity contribution in [2.75, 3.05) is 32.9 Å². The van der Waals surface area contributed by atoms with Crippen LogP contribution in [-0.4, -0.2) is 42.9 Å². The summed E-state index contributed by atoms with van der Waals surface area (Å²) in [6.07, 6.45) is 7.89. The van der Waals surface area contributed by atoms with E-state index < -0.39 is 0 Å². The molecule has 0 saturated carbocycles. The molecule has 1 N–H and O–H groups in total. The predicted octanol–water partition coefficient (Wildman–Crippen LogP) is 3.10.